The highest BCUT2D eigenvalue weighted by atomic mass is 35.9. The number of hydrogen-bond acceptors (Lipinski definition) is 0. The molecule has 0 spiro atoms. The van der Waals surface area contributed by atoms with Crippen molar-refractivity contribution in [1.82, 2.24) is 4.67 Å². The first-order chi connectivity index (χ1) is 4.50. The van der Waals surface area contributed by atoms with Crippen molar-refractivity contribution in [3.8, 4) is 0 Å². The van der Waals surface area contributed by atoms with E-state index in [2.05, 4.69) is 6.92 Å². The van der Waals surface area contributed by atoms with Gasteiger partial charge in [-0.15, -0.1) is 0 Å². The zero-order valence-corrected chi connectivity index (χ0v) is 9.70. The standard InChI is InChI=1S/C5H13Cl2NPS/c1-4-5-10-9(6,7)8(2)3/h4-5H2,1-3H3/q+1. The minimum absolute atomic E-state index is 1.04. The molecule has 0 aliphatic rings. The molecule has 0 rings (SSSR count). The molecular weight excluding hydrogens is 208 g/mol. The maximum Gasteiger partial charge on any atom is 0.364 e. The molecule has 0 aliphatic carbocycles. The molecule has 62 valence electrons. The highest BCUT2D eigenvalue weighted by Crippen LogP contribution is 2.60. The van der Waals surface area contributed by atoms with Gasteiger partial charge in [-0.25, -0.2) is 4.67 Å². The Morgan fingerprint density at radius 3 is 2.20 bits per heavy atom. The maximum absolute atomic E-state index is 6.02. The van der Waals surface area contributed by atoms with E-state index in [9.17, 15) is 0 Å². The molecule has 0 aromatic carbocycles. The molecule has 1 nitrogen and oxygen atoms in total. The number of nitrogens with zero attached hydrogens (tertiary/aromatic N) is 1. The van der Waals surface area contributed by atoms with E-state index in [-0.39, 0.29) is 0 Å². The van der Waals surface area contributed by atoms with Gasteiger partial charge in [0, 0.05) is 0 Å². The Kier molecular flexibility index (Phi) is 5.54. The fourth-order valence-corrected chi connectivity index (χ4v) is 4.09. The van der Waals surface area contributed by atoms with Gasteiger partial charge >= 0.3 is 4.89 Å². The molecule has 0 saturated carbocycles. The van der Waals surface area contributed by atoms with E-state index in [1.807, 2.05) is 18.8 Å². The average molecular weight is 221 g/mol. The third-order valence-corrected chi connectivity index (χ3v) is 8.78. The van der Waals surface area contributed by atoms with E-state index in [0.29, 0.717) is 0 Å². The van der Waals surface area contributed by atoms with Crippen molar-refractivity contribution in [2.75, 3.05) is 19.8 Å². The quantitative estimate of drug-likeness (QED) is 0.522. The molecular formula is C5H13Cl2NPS+. The van der Waals surface area contributed by atoms with Crippen LogP contribution in [-0.2, 0) is 10.9 Å². The van der Waals surface area contributed by atoms with E-state index in [1.165, 1.54) is 0 Å². The Labute approximate surface area is 76.3 Å². The zero-order chi connectivity index (χ0) is 8.20. The molecule has 0 aromatic heterocycles. The van der Waals surface area contributed by atoms with E-state index in [1.54, 1.807) is 10.9 Å². The van der Waals surface area contributed by atoms with Crippen LogP contribution in [-0.4, -0.2) is 24.5 Å². The molecule has 10 heavy (non-hydrogen) atoms. The Hall–Kier alpha value is 1.19. The third kappa shape index (κ3) is 4.15. The van der Waals surface area contributed by atoms with Crippen molar-refractivity contribution in [3.63, 3.8) is 0 Å². The zero-order valence-electron chi connectivity index (χ0n) is 6.47. The van der Waals surface area contributed by atoms with Crippen LogP contribution in [0.25, 0.3) is 0 Å². The Balaban J connectivity index is 4.08. The normalized spacial score (nSPS) is 12.2. The number of hydrogen-bond donors (Lipinski definition) is 0. The third-order valence-electron chi connectivity index (χ3n) is 0.916. The summed E-state index contributed by atoms with van der Waals surface area (Å²) in [5.74, 6) is 1.04. The Bertz CT molecular complexity index is 143. The van der Waals surface area contributed by atoms with Crippen LogP contribution in [0.2, 0.25) is 0 Å². The van der Waals surface area contributed by atoms with Crippen LogP contribution in [0, 0.1) is 0 Å². The lowest BCUT2D eigenvalue weighted by molar-refractivity contribution is 0.694. The lowest BCUT2D eigenvalue weighted by Crippen LogP contribution is -2.01. The predicted molar refractivity (Wildman–Crippen MR) is 54.8 cm³/mol. The molecule has 0 N–H and O–H groups in total. The predicted octanol–water partition coefficient (Wildman–Crippen LogP) is 3.20. The van der Waals surface area contributed by atoms with E-state index in [0.717, 1.165) is 12.2 Å². The molecule has 0 atom stereocenters. The van der Waals surface area contributed by atoms with Crippen molar-refractivity contribution >= 4 is 38.3 Å². The van der Waals surface area contributed by atoms with Gasteiger partial charge in [-0.3, -0.25) is 0 Å². The van der Waals surface area contributed by atoms with Crippen molar-refractivity contribution in [1.29, 1.82) is 0 Å². The van der Waals surface area contributed by atoms with Gasteiger partial charge in [0.15, 0.2) is 16.7 Å². The first-order valence-corrected chi connectivity index (χ1v) is 8.25. The van der Waals surface area contributed by atoms with Gasteiger partial charge in [0.25, 0.3) is 0 Å². The Morgan fingerprint density at radius 2 is 1.90 bits per heavy atom. The van der Waals surface area contributed by atoms with Crippen molar-refractivity contribution in [2.45, 2.75) is 13.3 Å². The van der Waals surface area contributed by atoms with Gasteiger partial charge in [0.1, 0.15) is 0 Å². The van der Waals surface area contributed by atoms with Gasteiger partial charge < -0.3 is 0 Å². The minimum atomic E-state index is -1.84. The summed E-state index contributed by atoms with van der Waals surface area (Å²) in [6.07, 6.45) is 1.12. The SMILES string of the molecule is CCC[S+]=P(Cl)(Cl)N(C)C. The van der Waals surface area contributed by atoms with Crippen LogP contribution in [0.5, 0.6) is 0 Å². The Morgan fingerprint density at radius 1 is 1.40 bits per heavy atom. The summed E-state index contributed by atoms with van der Waals surface area (Å²) in [4.78, 5) is -1.84. The molecule has 0 saturated heterocycles. The largest absolute Gasteiger partial charge is 0.364 e. The van der Waals surface area contributed by atoms with Gasteiger partial charge in [0.2, 0.25) is 0 Å². The molecule has 5 heteroatoms. The minimum Gasteiger partial charge on any atom is -0.222 e. The van der Waals surface area contributed by atoms with Crippen LogP contribution in [0.3, 0.4) is 0 Å². The second-order valence-corrected chi connectivity index (χ2v) is 11.5. The smallest absolute Gasteiger partial charge is 0.222 e. The second-order valence-electron chi connectivity index (χ2n) is 2.12. The van der Waals surface area contributed by atoms with Crippen molar-refractivity contribution < 1.29 is 0 Å². The molecule has 0 heterocycles. The molecule has 0 bridgehead atoms. The van der Waals surface area contributed by atoms with Crippen LogP contribution in [0.4, 0.5) is 0 Å². The first-order valence-electron chi connectivity index (χ1n) is 3.11. The molecule has 0 fully saturated rings. The van der Waals surface area contributed by atoms with E-state index in [4.69, 9.17) is 22.5 Å². The lowest BCUT2D eigenvalue weighted by Gasteiger charge is -2.06. The number of rotatable bonds is 3. The topological polar surface area (TPSA) is 3.24 Å². The average Bonchev–Trinajstić information content (AvgIpc) is 1.84. The summed E-state index contributed by atoms with van der Waals surface area (Å²) in [5.41, 5.74) is 0. The molecule has 0 aliphatic heterocycles. The van der Waals surface area contributed by atoms with Crippen LogP contribution < -0.4 is 0 Å². The number of halogens is 2. The summed E-state index contributed by atoms with van der Waals surface area (Å²) in [5, 5.41) is 0. The van der Waals surface area contributed by atoms with Crippen molar-refractivity contribution in [2.24, 2.45) is 0 Å². The van der Waals surface area contributed by atoms with Gasteiger partial charge in [-0.05, 0) is 43.0 Å². The van der Waals surface area contributed by atoms with Crippen molar-refractivity contribution in [3.05, 3.63) is 0 Å². The van der Waals surface area contributed by atoms with Gasteiger partial charge in [-0.1, -0.05) is 6.92 Å². The summed E-state index contributed by atoms with van der Waals surface area (Å²) < 4.78 is 1.90. The monoisotopic (exact) mass is 220 g/mol. The first kappa shape index (κ1) is 11.2. The maximum atomic E-state index is 6.02. The van der Waals surface area contributed by atoms with Crippen LogP contribution in [0.15, 0.2) is 0 Å². The van der Waals surface area contributed by atoms with Crippen LogP contribution >= 0.6 is 27.4 Å². The second kappa shape index (κ2) is 4.95. The fourth-order valence-electron chi connectivity index (χ4n) is 0.317. The summed E-state index contributed by atoms with van der Waals surface area (Å²) >= 11 is 12.0. The molecule has 0 radical (unpaired) electrons. The molecule has 0 aromatic rings. The van der Waals surface area contributed by atoms with E-state index < -0.39 is 4.89 Å². The summed E-state index contributed by atoms with van der Waals surface area (Å²) in [7, 11) is 5.48. The van der Waals surface area contributed by atoms with E-state index >= 15 is 0 Å². The van der Waals surface area contributed by atoms with Gasteiger partial charge in [-0.2, -0.15) is 0 Å². The summed E-state index contributed by atoms with van der Waals surface area (Å²) in [6.45, 7) is 2.12. The molecule has 0 unspecified atom stereocenters. The fraction of sp³-hybridized carbons (Fsp3) is 1.00. The molecule has 0 amide bonds. The highest BCUT2D eigenvalue weighted by molar-refractivity contribution is 8.43. The van der Waals surface area contributed by atoms with Gasteiger partial charge in [0.05, 0.1) is 0 Å². The summed E-state index contributed by atoms with van der Waals surface area (Å²) in [6, 6.07) is 0. The highest BCUT2D eigenvalue weighted by Gasteiger charge is 2.25. The van der Waals surface area contributed by atoms with Crippen LogP contribution in [0.1, 0.15) is 13.3 Å². The lowest BCUT2D eigenvalue weighted by atomic mass is 10.6.